The molecule has 0 bridgehead atoms. The molecule has 0 fully saturated rings. The second-order valence-electron chi connectivity index (χ2n) is 3.41. The number of nitrogens with one attached hydrogen (secondary N) is 1. The van der Waals surface area contributed by atoms with E-state index >= 15 is 0 Å². The van der Waals surface area contributed by atoms with E-state index in [2.05, 4.69) is 22.4 Å². The molecule has 0 radical (unpaired) electrons. The summed E-state index contributed by atoms with van der Waals surface area (Å²) in [7, 11) is 0. The molecular weight excluding hydrogens is 190 g/mol. The maximum Gasteiger partial charge on any atom is 0.285 e. The molecule has 2 rings (SSSR count). The van der Waals surface area contributed by atoms with Gasteiger partial charge in [0.25, 0.3) is 6.02 Å². The van der Waals surface area contributed by atoms with Crippen molar-refractivity contribution >= 4 is 6.02 Å². The lowest BCUT2D eigenvalue weighted by molar-refractivity contribution is 0.331. The molecule has 0 unspecified atom stereocenters. The number of rotatable bonds is 3. The number of aliphatic imine (C=N–C) groups is 1. The van der Waals surface area contributed by atoms with Gasteiger partial charge in [0.2, 0.25) is 0 Å². The van der Waals surface area contributed by atoms with E-state index in [0.29, 0.717) is 19.2 Å². The van der Waals surface area contributed by atoms with Gasteiger partial charge < -0.3 is 15.8 Å². The second kappa shape index (κ2) is 4.79. The summed E-state index contributed by atoms with van der Waals surface area (Å²) in [6.07, 6.45) is 0. The molecule has 15 heavy (non-hydrogen) atoms. The summed E-state index contributed by atoms with van der Waals surface area (Å²) >= 11 is 0. The summed E-state index contributed by atoms with van der Waals surface area (Å²) in [6, 6.07) is 8.82. The first-order valence-electron chi connectivity index (χ1n) is 5.07. The lowest BCUT2D eigenvalue weighted by atomic mass is 10.1. The predicted octanol–water partition coefficient (Wildman–Crippen LogP) is 0.621. The monoisotopic (exact) mass is 205 g/mol. The number of nitrogens with two attached hydrogens (primary N) is 1. The molecule has 0 amide bonds. The minimum atomic E-state index is 0.575. The van der Waals surface area contributed by atoms with Crippen molar-refractivity contribution in [3.8, 4) is 0 Å². The maximum absolute atomic E-state index is 5.57. The highest BCUT2D eigenvalue weighted by Crippen LogP contribution is 2.04. The number of hydrogen-bond acceptors (Lipinski definition) is 4. The van der Waals surface area contributed by atoms with Crippen LogP contribution in [0, 0.1) is 0 Å². The molecule has 3 N–H and O–H groups in total. The Morgan fingerprint density at radius 3 is 3.00 bits per heavy atom. The Labute approximate surface area is 89.1 Å². The molecule has 1 aromatic carbocycles. The van der Waals surface area contributed by atoms with E-state index in [1.807, 2.05) is 12.1 Å². The van der Waals surface area contributed by atoms with Gasteiger partial charge >= 0.3 is 0 Å². The lowest BCUT2D eigenvalue weighted by Gasteiger charge is -2.06. The van der Waals surface area contributed by atoms with Crippen LogP contribution in [-0.2, 0) is 17.8 Å². The maximum atomic E-state index is 5.57. The molecule has 0 saturated carbocycles. The van der Waals surface area contributed by atoms with Crippen molar-refractivity contribution in [1.29, 1.82) is 0 Å². The molecule has 1 heterocycles. The van der Waals surface area contributed by atoms with E-state index in [1.54, 1.807) is 0 Å². The van der Waals surface area contributed by atoms with Gasteiger partial charge in [0, 0.05) is 13.1 Å². The largest absolute Gasteiger partial charge is 0.463 e. The van der Waals surface area contributed by atoms with E-state index in [-0.39, 0.29) is 0 Å². The van der Waals surface area contributed by atoms with Crippen LogP contribution in [-0.4, -0.2) is 19.2 Å². The SMILES string of the molecule is NCc1cccc(CNC2=NCCO2)c1. The van der Waals surface area contributed by atoms with Gasteiger partial charge in [0.1, 0.15) is 6.61 Å². The van der Waals surface area contributed by atoms with Crippen LogP contribution >= 0.6 is 0 Å². The van der Waals surface area contributed by atoms with Crippen LogP contribution in [0.2, 0.25) is 0 Å². The average Bonchev–Trinajstić information content (AvgIpc) is 2.79. The van der Waals surface area contributed by atoms with E-state index in [9.17, 15) is 0 Å². The minimum Gasteiger partial charge on any atom is -0.463 e. The second-order valence-corrected chi connectivity index (χ2v) is 3.41. The molecule has 4 heteroatoms. The zero-order valence-corrected chi connectivity index (χ0v) is 8.57. The molecule has 4 nitrogen and oxygen atoms in total. The Kier molecular flexibility index (Phi) is 3.19. The Morgan fingerprint density at radius 1 is 1.40 bits per heavy atom. The zero-order chi connectivity index (χ0) is 10.5. The highest BCUT2D eigenvalue weighted by atomic mass is 16.5. The molecule has 0 atom stereocenters. The molecule has 0 saturated heterocycles. The molecule has 80 valence electrons. The molecule has 0 aliphatic carbocycles. The van der Waals surface area contributed by atoms with Crippen molar-refractivity contribution in [3.63, 3.8) is 0 Å². The van der Waals surface area contributed by atoms with Crippen molar-refractivity contribution in [3.05, 3.63) is 35.4 Å². The van der Waals surface area contributed by atoms with Gasteiger partial charge in [0.15, 0.2) is 0 Å². The molecule has 0 spiro atoms. The molecule has 0 aromatic heterocycles. The van der Waals surface area contributed by atoms with E-state index in [0.717, 1.165) is 18.7 Å². The first-order valence-corrected chi connectivity index (χ1v) is 5.07. The van der Waals surface area contributed by atoms with Crippen LogP contribution in [0.5, 0.6) is 0 Å². The Balaban J connectivity index is 1.92. The van der Waals surface area contributed by atoms with Crippen LogP contribution in [0.25, 0.3) is 0 Å². The topological polar surface area (TPSA) is 59.6 Å². The number of hydrogen-bond donors (Lipinski definition) is 2. The highest BCUT2D eigenvalue weighted by Gasteiger charge is 2.05. The quantitative estimate of drug-likeness (QED) is 0.760. The van der Waals surface area contributed by atoms with Gasteiger partial charge in [0.05, 0.1) is 6.54 Å². The van der Waals surface area contributed by atoms with Gasteiger partial charge in [-0.3, -0.25) is 0 Å². The van der Waals surface area contributed by atoms with Crippen molar-refractivity contribution in [1.82, 2.24) is 5.32 Å². The van der Waals surface area contributed by atoms with Crippen LogP contribution in [0.1, 0.15) is 11.1 Å². The van der Waals surface area contributed by atoms with Crippen molar-refractivity contribution in [2.45, 2.75) is 13.1 Å². The summed E-state index contributed by atoms with van der Waals surface area (Å²) in [5.74, 6) is 0. The van der Waals surface area contributed by atoms with Gasteiger partial charge in [-0.1, -0.05) is 24.3 Å². The average molecular weight is 205 g/mol. The fraction of sp³-hybridized carbons (Fsp3) is 0.364. The zero-order valence-electron chi connectivity index (χ0n) is 8.57. The van der Waals surface area contributed by atoms with E-state index in [1.165, 1.54) is 5.56 Å². The van der Waals surface area contributed by atoms with Crippen LogP contribution < -0.4 is 11.1 Å². The molecular formula is C11H15N3O. The Hall–Kier alpha value is -1.55. The van der Waals surface area contributed by atoms with Crippen molar-refractivity contribution in [2.75, 3.05) is 13.2 Å². The van der Waals surface area contributed by atoms with Crippen LogP contribution in [0.4, 0.5) is 0 Å². The fourth-order valence-corrected chi connectivity index (χ4v) is 1.49. The predicted molar refractivity (Wildman–Crippen MR) is 59.4 cm³/mol. The number of amidine groups is 1. The van der Waals surface area contributed by atoms with Crippen molar-refractivity contribution in [2.24, 2.45) is 10.7 Å². The summed E-state index contributed by atoms with van der Waals surface area (Å²) in [5.41, 5.74) is 7.90. The summed E-state index contributed by atoms with van der Waals surface area (Å²) in [6.45, 7) is 2.74. The van der Waals surface area contributed by atoms with Gasteiger partial charge in [-0.25, -0.2) is 4.99 Å². The third-order valence-corrected chi connectivity index (χ3v) is 2.26. The van der Waals surface area contributed by atoms with E-state index < -0.39 is 0 Å². The third kappa shape index (κ3) is 2.70. The molecule has 1 aliphatic rings. The summed E-state index contributed by atoms with van der Waals surface area (Å²) in [4.78, 5) is 4.15. The van der Waals surface area contributed by atoms with Gasteiger partial charge in [-0.15, -0.1) is 0 Å². The Morgan fingerprint density at radius 2 is 2.27 bits per heavy atom. The highest BCUT2D eigenvalue weighted by molar-refractivity contribution is 5.74. The third-order valence-electron chi connectivity index (χ3n) is 2.26. The summed E-state index contributed by atoms with van der Waals surface area (Å²) in [5, 5.41) is 3.14. The van der Waals surface area contributed by atoms with Crippen LogP contribution in [0.3, 0.4) is 0 Å². The normalized spacial score (nSPS) is 14.6. The Bertz CT molecular complexity index is 363. The lowest BCUT2D eigenvalue weighted by Crippen LogP contribution is -2.22. The van der Waals surface area contributed by atoms with Gasteiger partial charge in [-0.2, -0.15) is 0 Å². The van der Waals surface area contributed by atoms with Gasteiger partial charge in [-0.05, 0) is 11.1 Å². The fourth-order valence-electron chi connectivity index (χ4n) is 1.49. The smallest absolute Gasteiger partial charge is 0.285 e. The number of benzene rings is 1. The molecule has 1 aromatic rings. The number of ether oxygens (including phenoxy) is 1. The standard InChI is InChI=1S/C11H15N3O/c12-7-9-2-1-3-10(6-9)8-14-11-13-4-5-15-11/h1-3,6H,4-5,7-8,12H2,(H,13,14). The van der Waals surface area contributed by atoms with Crippen LogP contribution in [0.15, 0.2) is 29.3 Å². The first kappa shape index (κ1) is 9.98. The van der Waals surface area contributed by atoms with Crippen molar-refractivity contribution < 1.29 is 4.74 Å². The first-order chi connectivity index (χ1) is 7.38. The summed E-state index contributed by atoms with van der Waals surface area (Å²) < 4.78 is 5.25. The van der Waals surface area contributed by atoms with E-state index in [4.69, 9.17) is 10.5 Å². The minimum absolute atomic E-state index is 0.575. The number of nitrogens with zero attached hydrogens (tertiary/aromatic N) is 1. The molecule has 1 aliphatic heterocycles.